The van der Waals surface area contributed by atoms with Gasteiger partial charge in [0.2, 0.25) is 0 Å². The molecule has 19 heavy (non-hydrogen) atoms. The molecule has 102 valence electrons. The van der Waals surface area contributed by atoms with Crippen LogP contribution in [0, 0.1) is 0 Å². The summed E-state index contributed by atoms with van der Waals surface area (Å²) >= 11 is 6.05. The third kappa shape index (κ3) is 3.11. The molecular formula is C13H17BClNO3. The Kier molecular flexibility index (Phi) is 4.50. The fraction of sp³-hybridized carbons (Fsp3) is 0.462. The summed E-state index contributed by atoms with van der Waals surface area (Å²) in [5.74, 6) is -0.139. The fourth-order valence-corrected chi connectivity index (χ4v) is 2.62. The van der Waals surface area contributed by atoms with E-state index in [0.29, 0.717) is 10.6 Å². The lowest BCUT2D eigenvalue weighted by molar-refractivity contribution is 0.0636. The van der Waals surface area contributed by atoms with Crippen molar-refractivity contribution in [3.05, 3.63) is 28.8 Å². The van der Waals surface area contributed by atoms with Crippen LogP contribution in [-0.4, -0.2) is 40.6 Å². The molecule has 1 fully saturated rings. The number of piperidine rings is 1. The molecule has 0 radical (unpaired) electrons. The number of hydrogen-bond acceptors (Lipinski definition) is 3. The molecule has 1 heterocycles. The van der Waals surface area contributed by atoms with Crippen molar-refractivity contribution in [3.8, 4) is 0 Å². The summed E-state index contributed by atoms with van der Waals surface area (Å²) in [5.41, 5.74) is 0.610. The summed E-state index contributed by atoms with van der Waals surface area (Å²) in [6, 6.07) is 4.68. The highest BCUT2D eigenvalue weighted by Gasteiger charge is 2.26. The molecule has 0 spiro atoms. The zero-order chi connectivity index (χ0) is 14.0. The van der Waals surface area contributed by atoms with E-state index in [4.69, 9.17) is 11.6 Å². The number of rotatable bonds is 2. The highest BCUT2D eigenvalue weighted by molar-refractivity contribution is 6.58. The number of carbonyl (C=O) groups is 1. The van der Waals surface area contributed by atoms with Crippen LogP contribution in [0.2, 0.25) is 5.02 Å². The predicted molar refractivity (Wildman–Crippen MR) is 75.6 cm³/mol. The Balaban J connectivity index is 2.29. The number of halogens is 1. The van der Waals surface area contributed by atoms with Gasteiger partial charge in [0.05, 0.1) is 10.6 Å². The smallest absolute Gasteiger partial charge is 0.423 e. The first-order valence-corrected chi connectivity index (χ1v) is 6.85. The van der Waals surface area contributed by atoms with Crippen LogP contribution in [0.1, 0.15) is 36.5 Å². The molecule has 1 atom stereocenters. The van der Waals surface area contributed by atoms with Crippen molar-refractivity contribution < 1.29 is 14.8 Å². The third-order valence-corrected chi connectivity index (χ3v) is 3.91. The summed E-state index contributed by atoms with van der Waals surface area (Å²) in [4.78, 5) is 14.3. The number of nitrogens with zero attached hydrogens (tertiary/aromatic N) is 1. The second kappa shape index (κ2) is 5.95. The summed E-state index contributed by atoms with van der Waals surface area (Å²) in [6.07, 6.45) is 3.12. The van der Waals surface area contributed by atoms with Gasteiger partial charge in [-0.1, -0.05) is 17.7 Å². The SMILES string of the molecule is CC1CCCCN1C(=O)c1cc(B(O)O)ccc1Cl. The molecule has 1 aliphatic heterocycles. The molecular weight excluding hydrogens is 264 g/mol. The Morgan fingerprint density at radius 1 is 1.42 bits per heavy atom. The third-order valence-electron chi connectivity index (χ3n) is 3.58. The summed E-state index contributed by atoms with van der Waals surface area (Å²) in [6.45, 7) is 2.75. The lowest BCUT2D eigenvalue weighted by atomic mass is 9.79. The van der Waals surface area contributed by atoms with Gasteiger partial charge in [0, 0.05) is 12.6 Å². The molecule has 0 aliphatic carbocycles. The van der Waals surface area contributed by atoms with Gasteiger partial charge in [0.15, 0.2) is 0 Å². The van der Waals surface area contributed by atoms with Crippen molar-refractivity contribution in [2.24, 2.45) is 0 Å². The second-order valence-corrected chi connectivity index (χ2v) is 5.36. The largest absolute Gasteiger partial charge is 0.488 e. The number of benzene rings is 1. The number of likely N-dealkylation sites (tertiary alicyclic amines) is 1. The maximum Gasteiger partial charge on any atom is 0.488 e. The number of amides is 1. The van der Waals surface area contributed by atoms with Gasteiger partial charge < -0.3 is 14.9 Å². The van der Waals surface area contributed by atoms with E-state index in [2.05, 4.69) is 0 Å². The number of carbonyl (C=O) groups excluding carboxylic acids is 1. The number of hydrogen-bond donors (Lipinski definition) is 2. The van der Waals surface area contributed by atoms with Crippen molar-refractivity contribution in [1.29, 1.82) is 0 Å². The minimum absolute atomic E-state index is 0.139. The highest BCUT2D eigenvalue weighted by Crippen LogP contribution is 2.22. The molecule has 2 rings (SSSR count). The molecule has 2 N–H and O–H groups in total. The molecule has 6 heteroatoms. The molecule has 1 saturated heterocycles. The van der Waals surface area contributed by atoms with E-state index in [-0.39, 0.29) is 17.4 Å². The molecule has 4 nitrogen and oxygen atoms in total. The van der Waals surface area contributed by atoms with Gasteiger partial charge in [-0.15, -0.1) is 0 Å². The van der Waals surface area contributed by atoms with Crippen molar-refractivity contribution in [1.82, 2.24) is 4.90 Å². The second-order valence-electron chi connectivity index (χ2n) is 4.96. The van der Waals surface area contributed by atoms with E-state index >= 15 is 0 Å². The predicted octanol–water partition coefficient (Wildman–Crippen LogP) is 1.03. The lowest BCUT2D eigenvalue weighted by Crippen LogP contribution is -2.42. The topological polar surface area (TPSA) is 60.8 Å². The highest BCUT2D eigenvalue weighted by atomic mass is 35.5. The average Bonchev–Trinajstić information content (AvgIpc) is 2.38. The summed E-state index contributed by atoms with van der Waals surface area (Å²) in [5, 5.41) is 18.7. The zero-order valence-corrected chi connectivity index (χ0v) is 11.6. The minimum Gasteiger partial charge on any atom is -0.423 e. The van der Waals surface area contributed by atoms with E-state index in [9.17, 15) is 14.8 Å². The monoisotopic (exact) mass is 281 g/mol. The van der Waals surface area contributed by atoms with Gasteiger partial charge >= 0.3 is 7.12 Å². The van der Waals surface area contributed by atoms with Gasteiger partial charge in [-0.05, 0) is 43.8 Å². The molecule has 0 bridgehead atoms. The molecule has 0 saturated carbocycles. The van der Waals surface area contributed by atoms with Gasteiger partial charge in [-0.25, -0.2) is 0 Å². The first-order chi connectivity index (χ1) is 9.00. The molecule has 1 amide bonds. The van der Waals surface area contributed by atoms with Crippen LogP contribution in [0.15, 0.2) is 18.2 Å². The van der Waals surface area contributed by atoms with E-state index in [1.54, 1.807) is 4.90 Å². The quantitative estimate of drug-likeness (QED) is 0.796. The Bertz CT molecular complexity index is 481. The molecule has 1 aromatic rings. The van der Waals surface area contributed by atoms with Gasteiger partial charge in [0.25, 0.3) is 5.91 Å². The Hall–Kier alpha value is -1.04. The van der Waals surface area contributed by atoms with Gasteiger partial charge in [-0.3, -0.25) is 4.79 Å². The van der Waals surface area contributed by atoms with E-state index in [1.807, 2.05) is 6.92 Å². The molecule has 1 unspecified atom stereocenters. The molecule has 0 aromatic heterocycles. The maximum absolute atomic E-state index is 12.5. The van der Waals surface area contributed by atoms with E-state index in [1.165, 1.54) is 18.2 Å². The van der Waals surface area contributed by atoms with Crippen LogP contribution >= 0.6 is 11.6 Å². The van der Waals surface area contributed by atoms with E-state index < -0.39 is 7.12 Å². The first kappa shape index (κ1) is 14.4. The Labute approximate surface area is 118 Å². The lowest BCUT2D eigenvalue weighted by Gasteiger charge is -2.33. The van der Waals surface area contributed by atoms with Crippen molar-refractivity contribution in [3.63, 3.8) is 0 Å². The minimum atomic E-state index is -1.59. The van der Waals surface area contributed by atoms with Crippen molar-refractivity contribution in [2.45, 2.75) is 32.2 Å². The molecule has 1 aromatic carbocycles. The van der Waals surface area contributed by atoms with Gasteiger partial charge in [0.1, 0.15) is 0 Å². The van der Waals surface area contributed by atoms with Crippen LogP contribution in [0.4, 0.5) is 0 Å². The van der Waals surface area contributed by atoms with Crippen molar-refractivity contribution in [2.75, 3.05) is 6.54 Å². The zero-order valence-electron chi connectivity index (χ0n) is 10.8. The Morgan fingerprint density at radius 3 is 2.79 bits per heavy atom. The fourth-order valence-electron chi connectivity index (χ4n) is 2.42. The summed E-state index contributed by atoms with van der Waals surface area (Å²) in [7, 11) is -1.59. The summed E-state index contributed by atoms with van der Waals surface area (Å²) < 4.78 is 0. The Morgan fingerprint density at radius 2 is 2.16 bits per heavy atom. The normalized spacial score (nSPS) is 19.4. The van der Waals surface area contributed by atoms with E-state index in [0.717, 1.165) is 25.8 Å². The average molecular weight is 282 g/mol. The first-order valence-electron chi connectivity index (χ1n) is 6.47. The standard InChI is InChI=1S/C13H17BClNO3/c1-9-4-2-3-7-16(9)13(17)11-8-10(14(18)19)5-6-12(11)15/h5-6,8-9,18-19H,2-4,7H2,1H3. The van der Waals surface area contributed by atoms with Crippen molar-refractivity contribution >= 4 is 30.1 Å². The van der Waals surface area contributed by atoms with Crippen LogP contribution in [0.3, 0.4) is 0 Å². The van der Waals surface area contributed by atoms with Gasteiger partial charge in [-0.2, -0.15) is 0 Å². The van der Waals surface area contributed by atoms with Crippen LogP contribution in [0.25, 0.3) is 0 Å². The molecule has 1 aliphatic rings. The van der Waals surface area contributed by atoms with Crippen LogP contribution < -0.4 is 5.46 Å². The van der Waals surface area contributed by atoms with Crippen LogP contribution in [-0.2, 0) is 0 Å². The van der Waals surface area contributed by atoms with Crippen LogP contribution in [0.5, 0.6) is 0 Å². The maximum atomic E-state index is 12.5.